The first-order chi connectivity index (χ1) is 7.86. The van der Waals surface area contributed by atoms with Gasteiger partial charge in [-0.25, -0.2) is 0 Å². The second-order valence-corrected chi connectivity index (χ2v) is 4.03. The van der Waals surface area contributed by atoms with Crippen LogP contribution in [0.5, 0.6) is 5.75 Å². The molecule has 0 heterocycles. The van der Waals surface area contributed by atoms with Crippen molar-refractivity contribution in [1.29, 1.82) is 0 Å². The zero-order valence-corrected chi connectivity index (χ0v) is 10.2. The summed E-state index contributed by atoms with van der Waals surface area (Å²) in [6.45, 7) is 6.65. The first kappa shape index (κ1) is 12.8. The van der Waals surface area contributed by atoms with Gasteiger partial charge in [0.25, 0.3) is 0 Å². The third-order valence-electron chi connectivity index (χ3n) is 2.52. The topological polar surface area (TPSA) is 9.23 Å². The summed E-state index contributed by atoms with van der Waals surface area (Å²) in [5.41, 5.74) is 1.40. The molecular weight excluding hydrogens is 196 g/mol. The van der Waals surface area contributed by atoms with E-state index in [1.807, 2.05) is 6.08 Å². The van der Waals surface area contributed by atoms with Crippen LogP contribution in [-0.4, -0.2) is 6.61 Å². The maximum absolute atomic E-state index is 5.54. The van der Waals surface area contributed by atoms with Crippen LogP contribution in [0.25, 0.3) is 0 Å². The molecule has 0 saturated carbocycles. The third-order valence-corrected chi connectivity index (χ3v) is 2.52. The number of unbranched alkanes of at least 4 members (excludes halogenated alkanes) is 2. The molecule has 0 fully saturated rings. The van der Waals surface area contributed by atoms with Crippen LogP contribution in [0.4, 0.5) is 0 Å². The number of benzene rings is 1. The molecule has 0 N–H and O–H groups in total. The Bertz CT molecular complexity index is 287. The van der Waals surface area contributed by atoms with Gasteiger partial charge in [-0.05, 0) is 49.8 Å². The van der Waals surface area contributed by atoms with Crippen LogP contribution in [0, 0.1) is 0 Å². The highest BCUT2D eigenvalue weighted by atomic mass is 16.5. The Morgan fingerprint density at radius 3 is 2.56 bits per heavy atom. The zero-order valence-electron chi connectivity index (χ0n) is 10.2. The lowest BCUT2D eigenvalue weighted by Crippen LogP contribution is -1.95. The Morgan fingerprint density at radius 2 is 1.94 bits per heavy atom. The van der Waals surface area contributed by atoms with Gasteiger partial charge >= 0.3 is 0 Å². The number of aryl methyl sites for hydroxylation is 1. The minimum absolute atomic E-state index is 0.804. The summed E-state index contributed by atoms with van der Waals surface area (Å²) >= 11 is 0. The third kappa shape index (κ3) is 5.01. The molecule has 88 valence electrons. The van der Waals surface area contributed by atoms with Crippen molar-refractivity contribution in [2.75, 3.05) is 6.61 Å². The maximum Gasteiger partial charge on any atom is 0.119 e. The van der Waals surface area contributed by atoms with E-state index in [0.29, 0.717) is 0 Å². The molecule has 0 unspecified atom stereocenters. The summed E-state index contributed by atoms with van der Waals surface area (Å²) in [5.74, 6) is 0.983. The molecule has 0 atom stereocenters. The van der Waals surface area contributed by atoms with Crippen molar-refractivity contribution >= 4 is 0 Å². The summed E-state index contributed by atoms with van der Waals surface area (Å²) < 4.78 is 5.54. The van der Waals surface area contributed by atoms with E-state index in [1.165, 1.54) is 18.4 Å². The smallest absolute Gasteiger partial charge is 0.119 e. The van der Waals surface area contributed by atoms with Gasteiger partial charge in [0.15, 0.2) is 0 Å². The Morgan fingerprint density at radius 1 is 1.19 bits per heavy atom. The summed E-state index contributed by atoms with van der Waals surface area (Å²) in [6, 6.07) is 8.47. The van der Waals surface area contributed by atoms with E-state index < -0.39 is 0 Å². The van der Waals surface area contributed by atoms with Crippen LogP contribution in [0.2, 0.25) is 0 Å². The molecule has 1 heteroatoms. The standard InChI is InChI=1S/C15H22O/c1-3-5-6-7-8-14-9-11-15(12-10-14)16-13-4-2/h3,9-12H,1,4-8,13H2,2H3. The van der Waals surface area contributed by atoms with Crippen molar-refractivity contribution in [2.45, 2.75) is 39.0 Å². The number of hydrogen-bond donors (Lipinski definition) is 0. The highest BCUT2D eigenvalue weighted by Gasteiger charge is 1.95. The lowest BCUT2D eigenvalue weighted by molar-refractivity contribution is 0.317. The number of allylic oxidation sites excluding steroid dienone is 1. The molecule has 0 amide bonds. The molecule has 1 aromatic carbocycles. The minimum atomic E-state index is 0.804. The fourth-order valence-electron chi connectivity index (χ4n) is 1.59. The summed E-state index contributed by atoms with van der Waals surface area (Å²) in [7, 11) is 0. The molecule has 0 aliphatic heterocycles. The van der Waals surface area contributed by atoms with Crippen LogP contribution in [0.1, 0.15) is 38.2 Å². The van der Waals surface area contributed by atoms with E-state index in [0.717, 1.165) is 31.6 Å². The van der Waals surface area contributed by atoms with Crippen molar-refractivity contribution in [1.82, 2.24) is 0 Å². The first-order valence-electron chi connectivity index (χ1n) is 6.19. The number of rotatable bonds is 8. The normalized spacial score (nSPS) is 10.1. The summed E-state index contributed by atoms with van der Waals surface area (Å²) in [6.07, 6.45) is 7.79. The highest BCUT2D eigenvalue weighted by Crippen LogP contribution is 2.14. The number of ether oxygens (including phenoxy) is 1. The van der Waals surface area contributed by atoms with E-state index >= 15 is 0 Å². The van der Waals surface area contributed by atoms with E-state index in [9.17, 15) is 0 Å². The molecular formula is C15H22O. The fourth-order valence-corrected chi connectivity index (χ4v) is 1.59. The van der Waals surface area contributed by atoms with Gasteiger partial charge in [0, 0.05) is 0 Å². The predicted molar refractivity (Wildman–Crippen MR) is 70.0 cm³/mol. The molecule has 1 aromatic rings. The van der Waals surface area contributed by atoms with Crippen LogP contribution in [0.15, 0.2) is 36.9 Å². The van der Waals surface area contributed by atoms with Crippen LogP contribution < -0.4 is 4.74 Å². The van der Waals surface area contributed by atoms with Gasteiger partial charge in [0.05, 0.1) is 6.61 Å². The van der Waals surface area contributed by atoms with E-state index in [2.05, 4.69) is 37.8 Å². The number of hydrogen-bond acceptors (Lipinski definition) is 1. The summed E-state index contributed by atoms with van der Waals surface area (Å²) in [5, 5.41) is 0. The van der Waals surface area contributed by atoms with E-state index in [1.54, 1.807) is 0 Å². The van der Waals surface area contributed by atoms with Gasteiger partial charge in [0.1, 0.15) is 5.75 Å². The Labute approximate surface area is 99.1 Å². The second kappa shape index (κ2) is 7.98. The monoisotopic (exact) mass is 218 g/mol. The lowest BCUT2D eigenvalue weighted by Gasteiger charge is -2.05. The molecule has 0 radical (unpaired) electrons. The van der Waals surface area contributed by atoms with Crippen LogP contribution in [0.3, 0.4) is 0 Å². The van der Waals surface area contributed by atoms with Gasteiger partial charge in [-0.3, -0.25) is 0 Å². The molecule has 0 aliphatic carbocycles. The van der Waals surface area contributed by atoms with E-state index in [4.69, 9.17) is 4.74 Å². The quantitative estimate of drug-likeness (QED) is 0.465. The van der Waals surface area contributed by atoms with Gasteiger partial charge in [0.2, 0.25) is 0 Å². The molecule has 0 spiro atoms. The minimum Gasteiger partial charge on any atom is -0.494 e. The van der Waals surface area contributed by atoms with Gasteiger partial charge in [-0.2, -0.15) is 0 Å². The Kier molecular flexibility index (Phi) is 6.39. The Hall–Kier alpha value is -1.24. The molecule has 1 nitrogen and oxygen atoms in total. The SMILES string of the molecule is C=CCCCCc1ccc(OCCC)cc1. The molecule has 0 aliphatic rings. The fraction of sp³-hybridized carbons (Fsp3) is 0.467. The largest absolute Gasteiger partial charge is 0.494 e. The molecule has 0 saturated heterocycles. The Balaban J connectivity index is 2.30. The van der Waals surface area contributed by atoms with Crippen LogP contribution >= 0.6 is 0 Å². The molecule has 0 bridgehead atoms. The predicted octanol–water partition coefficient (Wildman–Crippen LogP) is 4.37. The van der Waals surface area contributed by atoms with E-state index in [-0.39, 0.29) is 0 Å². The van der Waals surface area contributed by atoms with Crippen molar-refractivity contribution < 1.29 is 4.74 Å². The second-order valence-electron chi connectivity index (χ2n) is 4.03. The van der Waals surface area contributed by atoms with Gasteiger partial charge in [-0.15, -0.1) is 6.58 Å². The average molecular weight is 218 g/mol. The zero-order chi connectivity index (χ0) is 11.6. The maximum atomic E-state index is 5.54. The van der Waals surface area contributed by atoms with Crippen LogP contribution in [-0.2, 0) is 6.42 Å². The van der Waals surface area contributed by atoms with Crippen molar-refractivity contribution in [3.63, 3.8) is 0 Å². The van der Waals surface area contributed by atoms with Gasteiger partial charge in [-0.1, -0.05) is 25.1 Å². The molecule has 16 heavy (non-hydrogen) atoms. The van der Waals surface area contributed by atoms with Gasteiger partial charge < -0.3 is 4.74 Å². The average Bonchev–Trinajstić information content (AvgIpc) is 2.33. The molecule has 1 rings (SSSR count). The van der Waals surface area contributed by atoms with Crippen molar-refractivity contribution in [2.24, 2.45) is 0 Å². The first-order valence-corrected chi connectivity index (χ1v) is 6.19. The summed E-state index contributed by atoms with van der Waals surface area (Å²) in [4.78, 5) is 0. The van der Waals surface area contributed by atoms with Crippen molar-refractivity contribution in [3.8, 4) is 5.75 Å². The highest BCUT2D eigenvalue weighted by molar-refractivity contribution is 5.27. The lowest BCUT2D eigenvalue weighted by atomic mass is 10.1. The van der Waals surface area contributed by atoms with Crippen molar-refractivity contribution in [3.05, 3.63) is 42.5 Å². The molecule has 0 aromatic heterocycles.